The van der Waals surface area contributed by atoms with Gasteiger partial charge in [0, 0.05) is 11.4 Å². The van der Waals surface area contributed by atoms with E-state index in [4.69, 9.17) is 0 Å². The Morgan fingerprint density at radius 3 is 2.74 bits per heavy atom. The molecule has 1 saturated carbocycles. The molecule has 0 radical (unpaired) electrons. The second-order valence-electron chi connectivity index (χ2n) is 5.33. The molecule has 1 aliphatic rings. The highest BCUT2D eigenvalue weighted by molar-refractivity contribution is 9.09. The zero-order valence-corrected chi connectivity index (χ0v) is 13.0. The van der Waals surface area contributed by atoms with E-state index in [1.54, 1.807) is 0 Å². The van der Waals surface area contributed by atoms with Crippen molar-refractivity contribution in [1.82, 2.24) is 5.32 Å². The molecule has 3 unspecified atom stereocenters. The molecule has 0 heterocycles. The van der Waals surface area contributed by atoms with Gasteiger partial charge >= 0.3 is 0 Å². The fourth-order valence-electron chi connectivity index (χ4n) is 2.95. The van der Waals surface area contributed by atoms with E-state index in [0.717, 1.165) is 23.7 Å². The van der Waals surface area contributed by atoms with Gasteiger partial charge in [0.25, 0.3) is 0 Å². The van der Waals surface area contributed by atoms with Gasteiger partial charge in [-0.1, -0.05) is 59.6 Å². The SMILES string of the molecule is CCC(C(=O)NC1CCCC1CBr)c1ccccc1. The van der Waals surface area contributed by atoms with E-state index in [1.165, 1.54) is 12.8 Å². The van der Waals surface area contributed by atoms with Crippen molar-refractivity contribution >= 4 is 21.8 Å². The largest absolute Gasteiger partial charge is 0.353 e. The lowest BCUT2D eigenvalue weighted by molar-refractivity contribution is -0.123. The zero-order valence-electron chi connectivity index (χ0n) is 11.4. The maximum atomic E-state index is 12.5. The summed E-state index contributed by atoms with van der Waals surface area (Å²) in [6, 6.07) is 10.4. The Morgan fingerprint density at radius 1 is 1.37 bits per heavy atom. The highest BCUT2D eigenvalue weighted by Crippen LogP contribution is 2.28. The van der Waals surface area contributed by atoms with Gasteiger partial charge in [-0.05, 0) is 30.7 Å². The third-order valence-electron chi connectivity index (χ3n) is 4.11. The molecular formula is C16H22BrNO. The molecule has 3 heteroatoms. The van der Waals surface area contributed by atoms with Gasteiger partial charge in [0.15, 0.2) is 0 Å². The van der Waals surface area contributed by atoms with Gasteiger partial charge in [0.2, 0.25) is 5.91 Å². The Morgan fingerprint density at radius 2 is 2.11 bits per heavy atom. The summed E-state index contributed by atoms with van der Waals surface area (Å²) < 4.78 is 0. The molecule has 1 aromatic rings. The minimum absolute atomic E-state index is 0.0159. The maximum absolute atomic E-state index is 12.5. The first-order valence-electron chi connectivity index (χ1n) is 7.17. The minimum Gasteiger partial charge on any atom is -0.353 e. The number of benzene rings is 1. The van der Waals surface area contributed by atoms with Crippen LogP contribution in [-0.4, -0.2) is 17.3 Å². The Hall–Kier alpha value is -0.830. The summed E-state index contributed by atoms with van der Waals surface area (Å²) in [5, 5.41) is 4.25. The quantitative estimate of drug-likeness (QED) is 0.819. The van der Waals surface area contributed by atoms with Crippen molar-refractivity contribution in [2.45, 2.75) is 44.6 Å². The predicted octanol–water partition coefficient (Wildman–Crippen LogP) is 3.86. The lowest BCUT2D eigenvalue weighted by atomic mass is 9.94. The number of nitrogens with one attached hydrogen (secondary N) is 1. The average molecular weight is 324 g/mol. The van der Waals surface area contributed by atoms with Crippen LogP contribution in [0.25, 0.3) is 0 Å². The van der Waals surface area contributed by atoms with Crippen molar-refractivity contribution in [3.05, 3.63) is 35.9 Å². The summed E-state index contributed by atoms with van der Waals surface area (Å²) in [6.07, 6.45) is 4.41. The van der Waals surface area contributed by atoms with E-state index >= 15 is 0 Å². The molecule has 0 aromatic heterocycles. The second kappa shape index (κ2) is 7.09. The molecular weight excluding hydrogens is 302 g/mol. The van der Waals surface area contributed by atoms with Crippen LogP contribution in [0.15, 0.2) is 30.3 Å². The van der Waals surface area contributed by atoms with Gasteiger partial charge in [0.05, 0.1) is 5.92 Å². The molecule has 104 valence electrons. The van der Waals surface area contributed by atoms with Gasteiger partial charge < -0.3 is 5.32 Å². The number of amides is 1. The van der Waals surface area contributed by atoms with E-state index in [2.05, 4.69) is 28.2 Å². The van der Waals surface area contributed by atoms with Crippen molar-refractivity contribution in [1.29, 1.82) is 0 Å². The van der Waals surface area contributed by atoms with Crippen molar-refractivity contribution < 1.29 is 4.79 Å². The summed E-state index contributed by atoms with van der Waals surface area (Å²) in [6.45, 7) is 2.08. The molecule has 0 bridgehead atoms. The lowest BCUT2D eigenvalue weighted by Crippen LogP contribution is -2.40. The van der Waals surface area contributed by atoms with Gasteiger partial charge in [-0.15, -0.1) is 0 Å². The molecule has 0 saturated heterocycles. The number of hydrogen-bond acceptors (Lipinski definition) is 1. The third-order valence-corrected chi connectivity index (χ3v) is 4.94. The lowest BCUT2D eigenvalue weighted by Gasteiger charge is -2.23. The van der Waals surface area contributed by atoms with Crippen LogP contribution >= 0.6 is 15.9 Å². The molecule has 3 atom stereocenters. The van der Waals surface area contributed by atoms with Gasteiger partial charge in [-0.2, -0.15) is 0 Å². The van der Waals surface area contributed by atoms with E-state index < -0.39 is 0 Å². The standard InChI is InChI=1S/C16H22BrNO/c1-2-14(12-7-4-3-5-8-12)16(19)18-15-10-6-9-13(15)11-17/h3-5,7-8,13-15H,2,6,9-11H2,1H3,(H,18,19). The topological polar surface area (TPSA) is 29.1 Å². The highest BCUT2D eigenvalue weighted by Gasteiger charge is 2.29. The van der Waals surface area contributed by atoms with Crippen LogP contribution in [0, 0.1) is 5.92 Å². The monoisotopic (exact) mass is 323 g/mol. The van der Waals surface area contributed by atoms with Crippen LogP contribution in [-0.2, 0) is 4.79 Å². The Bertz CT molecular complexity index is 406. The molecule has 1 aromatic carbocycles. The van der Waals surface area contributed by atoms with Crippen molar-refractivity contribution in [3.63, 3.8) is 0 Å². The second-order valence-corrected chi connectivity index (χ2v) is 5.98. The van der Waals surface area contributed by atoms with Gasteiger partial charge in [-0.3, -0.25) is 4.79 Å². The van der Waals surface area contributed by atoms with Crippen LogP contribution < -0.4 is 5.32 Å². The molecule has 2 nitrogen and oxygen atoms in total. The highest BCUT2D eigenvalue weighted by atomic mass is 79.9. The zero-order chi connectivity index (χ0) is 13.7. The number of alkyl halides is 1. The average Bonchev–Trinajstić information content (AvgIpc) is 2.88. The first-order valence-corrected chi connectivity index (χ1v) is 8.29. The van der Waals surface area contributed by atoms with Crippen LogP contribution in [0.4, 0.5) is 0 Å². The molecule has 1 fully saturated rings. The van der Waals surface area contributed by atoms with Crippen molar-refractivity contribution in [2.75, 3.05) is 5.33 Å². The number of hydrogen-bond donors (Lipinski definition) is 1. The predicted molar refractivity (Wildman–Crippen MR) is 82.5 cm³/mol. The van der Waals surface area contributed by atoms with Crippen molar-refractivity contribution in [3.8, 4) is 0 Å². The van der Waals surface area contributed by atoms with Crippen LogP contribution in [0.3, 0.4) is 0 Å². The number of carbonyl (C=O) groups excluding carboxylic acids is 1. The fourth-order valence-corrected chi connectivity index (χ4v) is 3.73. The normalized spacial score (nSPS) is 24.1. The molecule has 0 aliphatic heterocycles. The maximum Gasteiger partial charge on any atom is 0.227 e. The smallest absolute Gasteiger partial charge is 0.227 e. The number of rotatable bonds is 5. The third kappa shape index (κ3) is 3.59. The van der Waals surface area contributed by atoms with Gasteiger partial charge in [0.1, 0.15) is 0 Å². The molecule has 1 N–H and O–H groups in total. The number of halogens is 1. The summed E-state index contributed by atoms with van der Waals surface area (Å²) in [5.41, 5.74) is 1.12. The van der Waals surface area contributed by atoms with E-state index in [1.807, 2.05) is 30.3 Å². The molecule has 0 spiro atoms. The van der Waals surface area contributed by atoms with E-state index in [0.29, 0.717) is 12.0 Å². The molecule has 19 heavy (non-hydrogen) atoms. The fraction of sp³-hybridized carbons (Fsp3) is 0.562. The summed E-state index contributed by atoms with van der Waals surface area (Å²) in [7, 11) is 0. The van der Waals surface area contributed by atoms with Crippen LogP contribution in [0.2, 0.25) is 0 Å². The first-order chi connectivity index (χ1) is 9.26. The number of carbonyl (C=O) groups is 1. The first kappa shape index (κ1) is 14.6. The minimum atomic E-state index is -0.0159. The summed E-state index contributed by atoms with van der Waals surface area (Å²) in [5.74, 6) is 0.765. The molecule has 1 aliphatic carbocycles. The van der Waals surface area contributed by atoms with E-state index in [9.17, 15) is 4.79 Å². The van der Waals surface area contributed by atoms with Gasteiger partial charge in [-0.25, -0.2) is 0 Å². The Labute approximate surface area is 124 Å². The van der Waals surface area contributed by atoms with Crippen LogP contribution in [0.5, 0.6) is 0 Å². The Kier molecular flexibility index (Phi) is 5.44. The Balaban J connectivity index is 2.01. The molecule has 1 amide bonds. The van der Waals surface area contributed by atoms with E-state index in [-0.39, 0.29) is 11.8 Å². The van der Waals surface area contributed by atoms with Crippen molar-refractivity contribution in [2.24, 2.45) is 5.92 Å². The summed E-state index contributed by atoms with van der Waals surface area (Å²) in [4.78, 5) is 12.5. The summed E-state index contributed by atoms with van der Waals surface area (Å²) >= 11 is 3.55. The molecule has 2 rings (SSSR count). The van der Waals surface area contributed by atoms with Crippen LogP contribution in [0.1, 0.15) is 44.1 Å².